The number of benzene rings is 1. The number of piperidine rings is 1. The summed E-state index contributed by atoms with van der Waals surface area (Å²) in [5.74, 6) is 0.706. The molecule has 82 valence electrons. The van der Waals surface area contributed by atoms with E-state index in [9.17, 15) is 5.11 Å². The highest BCUT2D eigenvalue weighted by atomic mass is 16.3. The average molecular weight is 207 g/mol. The molecule has 1 fully saturated rings. The topological polar surface area (TPSA) is 52.5 Å². The summed E-state index contributed by atoms with van der Waals surface area (Å²) in [5.41, 5.74) is 1.76. The van der Waals surface area contributed by atoms with Gasteiger partial charge < -0.3 is 15.5 Å². The number of hydrogen-bond donors (Lipinski definition) is 3. The lowest BCUT2D eigenvalue weighted by atomic mass is 9.91. The van der Waals surface area contributed by atoms with Crippen LogP contribution in [0, 0.1) is 0 Å². The maximum absolute atomic E-state index is 9.64. The van der Waals surface area contributed by atoms with E-state index in [1.165, 1.54) is 12.8 Å². The molecule has 15 heavy (non-hydrogen) atoms. The van der Waals surface area contributed by atoms with Crippen LogP contribution in [0.25, 0.3) is 0 Å². The summed E-state index contributed by atoms with van der Waals surface area (Å²) in [4.78, 5) is 0. The molecule has 1 heterocycles. The smallest absolute Gasteiger partial charge is 0.121 e. The molecule has 1 saturated heterocycles. The lowest BCUT2D eigenvalue weighted by Crippen LogP contribution is -2.28. The molecular weight excluding hydrogens is 190 g/mol. The zero-order valence-corrected chi connectivity index (χ0v) is 8.74. The van der Waals surface area contributed by atoms with E-state index in [0.717, 1.165) is 18.7 Å². The zero-order chi connectivity index (χ0) is 10.7. The van der Waals surface area contributed by atoms with Crippen molar-refractivity contribution in [2.75, 3.05) is 13.1 Å². The Bertz CT molecular complexity index is 332. The van der Waals surface area contributed by atoms with E-state index in [-0.39, 0.29) is 12.4 Å². The molecule has 2 rings (SSSR count). The second-order valence-electron chi connectivity index (χ2n) is 4.09. The van der Waals surface area contributed by atoms with Crippen LogP contribution >= 0.6 is 0 Å². The van der Waals surface area contributed by atoms with E-state index in [4.69, 9.17) is 5.11 Å². The van der Waals surface area contributed by atoms with Gasteiger partial charge in [-0.15, -0.1) is 0 Å². The molecule has 1 unspecified atom stereocenters. The number of aliphatic hydroxyl groups is 1. The summed E-state index contributed by atoms with van der Waals surface area (Å²) in [6.45, 7) is 1.98. The number of nitrogens with one attached hydrogen (secondary N) is 1. The third-order valence-corrected chi connectivity index (χ3v) is 3.05. The summed E-state index contributed by atoms with van der Waals surface area (Å²) >= 11 is 0. The van der Waals surface area contributed by atoms with E-state index in [2.05, 4.69) is 5.32 Å². The van der Waals surface area contributed by atoms with Crippen LogP contribution < -0.4 is 5.32 Å². The van der Waals surface area contributed by atoms with Gasteiger partial charge in [-0.2, -0.15) is 0 Å². The first kappa shape index (κ1) is 10.5. The maximum atomic E-state index is 9.64. The SMILES string of the molecule is OCc1ccc(C2CCCNC2)cc1O. The number of rotatable bonds is 2. The van der Waals surface area contributed by atoms with Crippen molar-refractivity contribution in [1.82, 2.24) is 5.32 Å². The van der Waals surface area contributed by atoms with Crippen LogP contribution in [0.1, 0.15) is 29.9 Å². The van der Waals surface area contributed by atoms with Gasteiger partial charge in [0.15, 0.2) is 0 Å². The van der Waals surface area contributed by atoms with Crippen LogP contribution in [0.5, 0.6) is 5.75 Å². The number of phenols is 1. The van der Waals surface area contributed by atoms with Crippen molar-refractivity contribution in [3.63, 3.8) is 0 Å². The largest absolute Gasteiger partial charge is 0.508 e. The number of aliphatic hydroxyl groups excluding tert-OH is 1. The van der Waals surface area contributed by atoms with Crippen LogP contribution in [0.15, 0.2) is 18.2 Å². The highest BCUT2D eigenvalue weighted by Gasteiger charge is 2.15. The summed E-state index contributed by atoms with van der Waals surface area (Å²) in [7, 11) is 0. The Morgan fingerprint density at radius 2 is 2.27 bits per heavy atom. The van der Waals surface area contributed by atoms with Crippen molar-refractivity contribution in [2.45, 2.75) is 25.4 Å². The molecule has 0 aliphatic carbocycles. The second kappa shape index (κ2) is 4.64. The van der Waals surface area contributed by atoms with Crippen molar-refractivity contribution in [1.29, 1.82) is 0 Å². The third-order valence-electron chi connectivity index (χ3n) is 3.05. The van der Waals surface area contributed by atoms with Gasteiger partial charge in [-0.25, -0.2) is 0 Å². The standard InChI is InChI=1S/C12H17NO2/c14-8-11-4-3-9(6-12(11)15)10-2-1-5-13-7-10/h3-4,6,10,13-15H,1-2,5,7-8H2. The van der Waals surface area contributed by atoms with Gasteiger partial charge in [0, 0.05) is 12.1 Å². The van der Waals surface area contributed by atoms with E-state index in [1.807, 2.05) is 6.07 Å². The van der Waals surface area contributed by atoms with Crippen molar-refractivity contribution < 1.29 is 10.2 Å². The Labute approximate surface area is 89.8 Å². The first-order chi connectivity index (χ1) is 7.31. The summed E-state index contributed by atoms with van der Waals surface area (Å²) < 4.78 is 0. The molecule has 3 nitrogen and oxygen atoms in total. The number of hydrogen-bond acceptors (Lipinski definition) is 3. The Balaban J connectivity index is 2.17. The van der Waals surface area contributed by atoms with Crippen molar-refractivity contribution in [3.05, 3.63) is 29.3 Å². The van der Waals surface area contributed by atoms with Gasteiger partial charge in [-0.1, -0.05) is 12.1 Å². The minimum Gasteiger partial charge on any atom is -0.508 e. The molecule has 0 bridgehead atoms. The van der Waals surface area contributed by atoms with Crippen molar-refractivity contribution in [2.24, 2.45) is 0 Å². The molecule has 0 radical (unpaired) electrons. The predicted molar refractivity (Wildman–Crippen MR) is 58.9 cm³/mol. The maximum Gasteiger partial charge on any atom is 0.121 e. The van der Waals surface area contributed by atoms with Crippen LogP contribution in [0.4, 0.5) is 0 Å². The predicted octanol–water partition coefficient (Wildman–Crippen LogP) is 1.35. The molecule has 1 aromatic rings. The molecular formula is C12H17NO2. The van der Waals surface area contributed by atoms with E-state index in [1.54, 1.807) is 12.1 Å². The molecule has 1 aliphatic rings. The van der Waals surface area contributed by atoms with Gasteiger partial charge >= 0.3 is 0 Å². The van der Waals surface area contributed by atoms with Gasteiger partial charge in [0.2, 0.25) is 0 Å². The molecule has 0 aromatic heterocycles. The highest BCUT2D eigenvalue weighted by Crippen LogP contribution is 2.27. The van der Waals surface area contributed by atoms with Gasteiger partial charge in [0.1, 0.15) is 5.75 Å². The molecule has 1 aliphatic heterocycles. The summed E-state index contributed by atoms with van der Waals surface area (Å²) in [6, 6.07) is 5.59. The molecule has 1 aromatic carbocycles. The zero-order valence-electron chi connectivity index (χ0n) is 8.74. The van der Waals surface area contributed by atoms with E-state index < -0.39 is 0 Å². The minimum absolute atomic E-state index is 0.102. The molecule has 3 heteroatoms. The fraction of sp³-hybridized carbons (Fsp3) is 0.500. The molecule has 3 N–H and O–H groups in total. The Kier molecular flexibility index (Phi) is 3.23. The normalized spacial score (nSPS) is 21.5. The fourth-order valence-corrected chi connectivity index (χ4v) is 2.10. The van der Waals surface area contributed by atoms with Crippen LogP contribution in [0.3, 0.4) is 0 Å². The second-order valence-corrected chi connectivity index (χ2v) is 4.09. The quantitative estimate of drug-likeness (QED) is 0.686. The van der Waals surface area contributed by atoms with Crippen LogP contribution in [0.2, 0.25) is 0 Å². The van der Waals surface area contributed by atoms with Crippen molar-refractivity contribution >= 4 is 0 Å². The molecule has 1 atom stereocenters. The van der Waals surface area contributed by atoms with Gasteiger partial charge in [-0.05, 0) is 36.9 Å². The van der Waals surface area contributed by atoms with Gasteiger partial charge in [0.25, 0.3) is 0 Å². The third kappa shape index (κ3) is 2.30. The summed E-state index contributed by atoms with van der Waals surface area (Å²) in [5, 5.41) is 21.9. The van der Waals surface area contributed by atoms with Crippen LogP contribution in [-0.2, 0) is 6.61 Å². The lowest BCUT2D eigenvalue weighted by molar-refractivity contribution is 0.275. The van der Waals surface area contributed by atoms with Crippen molar-refractivity contribution in [3.8, 4) is 5.75 Å². The monoisotopic (exact) mass is 207 g/mol. The minimum atomic E-state index is -0.102. The molecule has 0 amide bonds. The number of aromatic hydroxyl groups is 1. The first-order valence-electron chi connectivity index (χ1n) is 5.44. The van der Waals surface area contributed by atoms with E-state index in [0.29, 0.717) is 11.5 Å². The highest BCUT2D eigenvalue weighted by molar-refractivity contribution is 5.37. The summed E-state index contributed by atoms with van der Waals surface area (Å²) in [6.07, 6.45) is 2.36. The first-order valence-corrected chi connectivity index (χ1v) is 5.44. The molecule has 0 spiro atoms. The Morgan fingerprint density at radius 1 is 1.40 bits per heavy atom. The molecule has 0 saturated carbocycles. The lowest BCUT2D eigenvalue weighted by Gasteiger charge is -2.23. The Morgan fingerprint density at radius 3 is 2.87 bits per heavy atom. The van der Waals surface area contributed by atoms with E-state index >= 15 is 0 Å². The van der Waals surface area contributed by atoms with Gasteiger partial charge in [0.05, 0.1) is 6.61 Å². The van der Waals surface area contributed by atoms with Crippen LogP contribution in [-0.4, -0.2) is 23.3 Å². The fourth-order valence-electron chi connectivity index (χ4n) is 2.10. The van der Waals surface area contributed by atoms with Gasteiger partial charge in [-0.3, -0.25) is 0 Å². The Hall–Kier alpha value is -1.06. The average Bonchev–Trinajstić information content (AvgIpc) is 2.30.